The first-order chi connectivity index (χ1) is 16.2. The van der Waals surface area contributed by atoms with Gasteiger partial charge in [-0.1, -0.05) is 66.4 Å². The van der Waals surface area contributed by atoms with Gasteiger partial charge in [-0.2, -0.15) is 0 Å². The van der Waals surface area contributed by atoms with Crippen molar-refractivity contribution in [1.29, 1.82) is 0 Å². The first-order valence-electron chi connectivity index (χ1n) is 11.2. The highest BCUT2D eigenvalue weighted by Gasteiger charge is 2.23. The molecule has 1 saturated carbocycles. The Bertz CT molecular complexity index is 1250. The maximum Gasteiger partial charge on any atom is 0.251 e. The van der Waals surface area contributed by atoms with Crippen LogP contribution in [0.25, 0.3) is 5.69 Å². The number of aromatic nitrogens is 3. The minimum absolute atomic E-state index is 0.0152. The highest BCUT2D eigenvalue weighted by Crippen LogP contribution is 2.27. The van der Waals surface area contributed by atoms with Crippen LogP contribution in [0.3, 0.4) is 0 Å². The van der Waals surface area contributed by atoms with Gasteiger partial charge in [-0.3, -0.25) is 9.36 Å². The average Bonchev–Trinajstić information content (AvgIpc) is 3.56. The number of hydrogen-bond acceptors (Lipinski definition) is 4. The van der Waals surface area contributed by atoms with Crippen molar-refractivity contribution in [3.05, 3.63) is 107 Å². The largest absolute Gasteiger partial charge is 0.349 e. The fourth-order valence-electron chi connectivity index (χ4n) is 3.71. The van der Waals surface area contributed by atoms with E-state index < -0.39 is 0 Å². The van der Waals surface area contributed by atoms with E-state index >= 15 is 0 Å². The molecule has 1 aromatic heterocycles. The van der Waals surface area contributed by atoms with E-state index in [1.807, 2.05) is 42.5 Å². The van der Waals surface area contributed by atoms with E-state index in [2.05, 4.69) is 63.4 Å². The lowest BCUT2D eigenvalue weighted by molar-refractivity contribution is 0.0951. The summed E-state index contributed by atoms with van der Waals surface area (Å²) >= 11 is 1.66. The van der Waals surface area contributed by atoms with Crippen LogP contribution in [0.2, 0.25) is 0 Å². The third-order valence-corrected chi connectivity index (χ3v) is 6.66. The number of amides is 1. The van der Waals surface area contributed by atoms with E-state index in [4.69, 9.17) is 0 Å². The van der Waals surface area contributed by atoms with Crippen molar-refractivity contribution in [2.75, 3.05) is 0 Å². The van der Waals surface area contributed by atoms with Gasteiger partial charge in [0.15, 0.2) is 5.16 Å². The lowest BCUT2D eigenvalue weighted by Gasteiger charge is -2.11. The Morgan fingerprint density at radius 3 is 2.48 bits per heavy atom. The molecule has 166 valence electrons. The molecule has 1 aliphatic carbocycles. The molecule has 3 aromatic carbocycles. The lowest BCUT2D eigenvalue weighted by Crippen LogP contribution is -2.25. The molecule has 0 bridgehead atoms. The number of nitrogens with zero attached hydrogens (tertiary/aromatic N) is 3. The summed E-state index contributed by atoms with van der Waals surface area (Å²) in [6.07, 6.45) is 2.90. The molecule has 4 aromatic rings. The highest BCUT2D eigenvalue weighted by molar-refractivity contribution is 7.98. The van der Waals surface area contributed by atoms with Crippen molar-refractivity contribution in [3.63, 3.8) is 0 Å². The summed E-state index contributed by atoms with van der Waals surface area (Å²) in [6, 6.07) is 27.0. The number of nitrogens with one attached hydrogen (secondary N) is 1. The molecule has 1 aliphatic rings. The second kappa shape index (κ2) is 9.63. The van der Waals surface area contributed by atoms with Crippen molar-refractivity contribution in [2.24, 2.45) is 0 Å². The zero-order chi connectivity index (χ0) is 22.6. The van der Waals surface area contributed by atoms with Crippen molar-refractivity contribution >= 4 is 17.7 Å². The summed E-state index contributed by atoms with van der Waals surface area (Å²) in [5.41, 5.74) is 5.33. The summed E-state index contributed by atoms with van der Waals surface area (Å²) in [4.78, 5) is 12.2. The zero-order valence-electron chi connectivity index (χ0n) is 18.6. The van der Waals surface area contributed by atoms with Crippen LogP contribution in [0.4, 0.5) is 0 Å². The van der Waals surface area contributed by atoms with Crippen LogP contribution in [-0.2, 0) is 12.2 Å². The Morgan fingerprint density at radius 1 is 0.970 bits per heavy atom. The van der Waals surface area contributed by atoms with Gasteiger partial charge in [-0.15, -0.1) is 10.2 Å². The van der Waals surface area contributed by atoms with Gasteiger partial charge < -0.3 is 5.32 Å². The predicted octanol–water partition coefficient (Wildman–Crippen LogP) is 5.35. The van der Waals surface area contributed by atoms with Crippen LogP contribution in [0.15, 0.2) is 84.0 Å². The third-order valence-electron chi connectivity index (χ3n) is 5.66. The van der Waals surface area contributed by atoms with Crippen molar-refractivity contribution in [1.82, 2.24) is 20.1 Å². The van der Waals surface area contributed by atoms with E-state index in [0.29, 0.717) is 18.0 Å². The number of rotatable bonds is 8. The molecule has 0 spiro atoms. The van der Waals surface area contributed by atoms with Crippen LogP contribution < -0.4 is 5.32 Å². The van der Waals surface area contributed by atoms with Crippen molar-refractivity contribution in [3.8, 4) is 5.69 Å². The first kappa shape index (κ1) is 21.5. The third kappa shape index (κ3) is 5.34. The summed E-state index contributed by atoms with van der Waals surface area (Å²) in [7, 11) is 0. The Kier molecular flexibility index (Phi) is 6.26. The highest BCUT2D eigenvalue weighted by atomic mass is 32.2. The Hall–Kier alpha value is -3.38. The molecule has 1 amide bonds. The minimum Gasteiger partial charge on any atom is -0.349 e. The molecule has 5 rings (SSSR count). The van der Waals surface area contributed by atoms with Crippen LogP contribution in [0, 0.1) is 6.92 Å². The van der Waals surface area contributed by atoms with Crippen molar-refractivity contribution < 1.29 is 4.79 Å². The fraction of sp³-hybridized carbons (Fsp3) is 0.222. The SMILES string of the molecule is Cc1cccc(-n2c(Cc3ccccc3)nnc2SCc2ccc(C(=O)NC3CC3)cc2)c1. The van der Waals surface area contributed by atoms with E-state index in [1.165, 1.54) is 11.1 Å². The van der Waals surface area contributed by atoms with Crippen molar-refractivity contribution in [2.45, 2.75) is 43.1 Å². The van der Waals surface area contributed by atoms with Crippen LogP contribution in [0.1, 0.15) is 45.7 Å². The summed E-state index contributed by atoms with van der Waals surface area (Å²) in [5.74, 6) is 1.68. The quantitative estimate of drug-likeness (QED) is 0.365. The maximum absolute atomic E-state index is 12.2. The van der Waals surface area contributed by atoms with Gasteiger partial charge in [0.25, 0.3) is 5.91 Å². The van der Waals surface area contributed by atoms with Crippen LogP contribution >= 0.6 is 11.8 Å². The lowest BCUT2D eigenvalue weighted by atomic mass is 10.1. The van der Waals surface area contributed by atoms with Gasteiger partial charge in [0.1, 0.15) is 5.82 Å². The molecule has 5 nitrogen and oxygen atoms in total. The molecule has 0 atom stereocenters. The molecule has 0 saturated heterocycles. The summed E-state index contributed by atoms with van der Waals surface area (Å²) in [6.45, 7) is 2.10. The van der Waals surface area contributed by atoms with E-state index in [1.54, 1.807) is 11.8 Å². The van der Waals surface area contributed by atoms with Gasteiger partial charge in [0, 0.05) is 29.5 Å². The van der Waals surface area contributed by atoms with Gasteiger partial charge in [-0.25, -0.2) is 0 Å². The number of carbonyl (C=O) groups excluding carboxylic acids is 1. The van der Waals surface area contributed by atoms with Gasteiger partial charge in [0.2, 0.25) is 0 Å². The Morgan fingerprint density at radius 2 is 1.76 bits per heavy atom. The molecule has 1 fully saturated rings. The number of thioether (sulfide) groups is 1. The second-order valence-corrected chi connectivity index (χ2v) is 9.41. The fourth-order valence-corrected chi connectivity index (χ4v) is 4.64. The minimum atomic E-state index is 0.0152. The zero-order valence-corrected chi connectivity index (χ0v) is 19.4. The Labute approximate surface area is 198 Å². The van der Waals surface area contributed by atoms with Gasteiger partial charge >= 0.3 is 0 Å². The predicted molar refractivity (Wildman–Crippen MR) is 132 cm³/mol. The molecular formula is C27H26N4OS. The van der Waals surface area contributed by atoms with Crippen LogP contribution in [-0.4, -0.2) is 26.7 Å². The topological polar surface area (TPSA) is 59.8 Å². The molecule has 1 N–H and O–H groups in total. The van der Waals surface area contributed by atoms with E-state index in [-0.39, 0.29) is 5.91 Å². The molecule has 0 unspecified atom stereocenters. The second-order valence-electron chi connectivity index (χ2n) is 8.47. The monoisotopic (exact) mass is 454 g/mol. The van der Waals surface area contributed by atoms with Gasteiger partial charge in [0.05, 0.1) is 0 Å². The average molecular weight is 455 g/mol. The molecule has 0 radical (unpaired) electrons. The summed E-state index contributed by atoms with van der Waals surface area (Å²) < 4.78 is 2.15. The molecule has 1 heterocycles. The Balaban J connectivity index is 1.35. The molecule has 33 heavy (non-hydrogen) atoms. The standard InChI is InChI=1S/C27H26N4OS/c1-19-6-5-9-24(16-19)31-25(17-20-7-3-2-4-8-20)29-30-27(31)33-18-21-10-12-22(13-11-21)26(32)28-23-14-15-23/h2-13,16,23H,14-15,17-18H2,1H3,(H,28,32). The van der Waals surface area contributed by atoms with Gasteiger partial charge in [-0.05, 0) is 60.7 Å². The molecule has 6 heteroatoms. The molecule has 0 aliphatic heterocycles. The number of hydrogen-bond donors (Lipinski definition) is 1. The van der Waals surface area contributed by atoms with E-state index in [9.17, 15) is 4.79 Å². The van der Waals surface area contributed by atoms with Crippen LogP contribution in [0.5, 0.6) is 0 Å². The van der Waals surface area contributed by atoms with E-state index in [0.717, 1.165) is 40.8 Å². The number of benzene rings is 3. The maximum atomic E-state index is 12.2. The number of aryl methyl sites for hydroxylation is 1. The molecular weight excluding hydrogens is 428 g/mol. The first-order valence-corrected chi connectivity index (χ1v) is 12.2. The summed E-state index contributed by atoms with van der Waals surface area (Å²) in [5, 5.41) is 13.0. The number of carbonyl (C=O) groups is 1. The normalized spacial score (nSPS) is 13.1. The smallest absolute Gasteiger partial charge is 0.251 e.